The van der Waals surface area contributed by atoms with Gasteiger partial charge in [0.15, 0.2) is 0 Å². The summed E-state index contributed by atoms with van der Waals surface area (Å²) in [4.78, 5) is 0. The van der Waals surface area contributed by atoms with Crippen molar-refractivity contribution in [2.24, 2.45) is 5.92 Å². The molecule has 0 spiro atoms. The lowest BCUT2D eigenvalue weighted by Gasteiger charge is -2.17. The topological polar surface area (TPSA) is 21.3 Å². The number of halogens is 2. The molecule has 0 radical (unpaired) electrons. The Morgan fingerprint density at radius 3 is 2.47 bits per heavy atom. The molecule has 108 valence electrons. The third-order valence-corrected chi connectivity index (χ3v) is 2.81. The van der Waals surface area contributed by atoms with Gasteiger partial charge in [-0.3, -0.25) is 0 Å². The van der Waals surface area contributed by atoms with Gasteiger partial charge in [0, 0.05) is 18.7 Å². The summed E-state index contributed by atoms with van der Waals surface area (Å²) in [6.07, 6.45) is 1.00. The van der Waals surface area contributed by atoms with Gasteiger partial charge in [-0.15, -0.1) is 0 Å². The monoisotopic (exact) mass is 271 g/mol. The normalized spacial score (nSPS) is 12.1. The summed E-state index contributed by atoms with van der Waals surface area (Å²) < 4.78 is 32.8. The second-order valence-corrected chi connectivity index (χ2v) is 5.04. The Balaban J connectivity index is 2.15. The molecular weight excluding hydrogens is 248 g/mol. The van der Waals surface area contributed by atoms with Crippen LogP contribution in [0.5, 0.6) is 0 Å². The molecule has 19 heavy (non-hydrogen) atoms. The molecule has 1 rings (SSSR count). The minimum atomic E-state index is -2.83. The maximum atomic E-state index is 13.7. The van der Waals surface area contributed by atoms with Crippen LogP contribution in [-0.4, -0.2) is 26.3 Å². The summed E-state index contributed by atoms with van der Waals surface area (Å²) >= 11 is 0. The fraction of sp³-hybridized carbons (Fsp3) is 0.600. The van der Waals surface area contributed by atoms with Gasteiger partial charge in [-0.1, -0.05) is 44.2 Å². The quantitative estimate of drug-likeness (QED) is 0.695. The first kappa shape index (κ1) is 16.1. The van der Waals surface area contributed by atoms with Crippen molar-refractivity contribution >= 4 is 0 Å². The molecule has 0 heterocycles. The molecule has 0 aliphatic heterocycles. The van der Waals surface area contributed by atoms with E-state index in [1.807, 2.05) is 0 Å². The van der Waals surface area contributed by atoms with Crippen LogP contribution in [0.4, 0.5) is 8.78 Å². The van der Waals surface area contributed by atoms with Crippen LogP contribution < -0.4 is 5.32 Å². The Morgan fingerprint density at radius 1 is 1.16 bits per heavy atom. The van der Waals surface area contributed by atoms with Crippen LogP contribution in [-0.2, 0) is 10.7 Å². The molecule has 1 aromatic rings. The standard InChI is InChI=1S/C15H23F2NO/c1-13(2)8-10-19-11-9-18-12-15(16,17)14-6-4-3-5-7-14/h3-7,13,18H,8-12H2,1-2H3. The van der Waals surface area contributed by atoms with E-state index in [0.29, 0.717) is 25.7 Å². The molecule has 0 aliphatic rings. The molecule has 0 saturated carbocycles. The van der Waals surface area contributed by atoms with Gasteiger partial charge in [-0.25, -0.2) is 0 Å². The van der Waals surface area contributed by atoms with Crippen LogP contribution >= 0.6 is 0 Å². The molecule has 0 amide bonds. The van der Waals surface area contributed by atoms with Crippen molar-refractivity contribution in [2.45, 2.75) is 26.2 Å². The van der Waals surface area contributed by atoms with Crippen molar-refractivity contribution in [3.63, 3.8) is 0 Å². The highest BCUT2D eigenvalue weighted by Gasteiger charge is 2.30. The first-order valence-electron chi connectivity index (χ1n) is 6.74. The molecule has 0 saturated heterocycles. The summed E-state index contributed by atoms with van der Waals surface area (Å²) in [5.41, 5.74) is 0.0447. The van der Waals surface area contributed by atoms with E-state index in [2.05, 4.69) is 19.2 Å². The minimum Gasteiger partial charge on any atom is -0.380 e. The fourth-order valence-corrected chi connectivity index (χ4v) is 1.59. The molecule has 1 N–H and O–H groups in total. The van der Waals surface area contributed by atoms with E-state index in [9.17, 15) is 8.78 Å². The third-order valence-electron chi connectivity index (χ3n) is 2.81. The van der Waals surface area contributed by atoms with Crippen molar-refractivity contribution in [1.82, 2.24) is 5.32 Å². The number of ether oxygens (including phenoxy) is 1. The van der Waals surface area contributed by atoms with Crippen LogP contribution in [0.15, 0.2) is 30.3 Å². The first-order chi connectivity index (χ1) is 9.02. The second kappa shape index (κ2) is 8.23. The van der Waals surface area contributed by atoms with E-state index < -0.39 is 5.92 Å². The van der Waals surface area contributed by atoms with Crippen molar-refractivity contribution in [3.05, 3.63) is 35.9 Å². The van der Waals surface area contributed by atoms with Gasteiger partial charge in [0.2, 0.25) is 0 Å². The van der Waals surface area contributed by atoms with Crippen LogP contribution in [0.2, 0.25) is 0 Å². The van der Waals surface area contributed by atoms with E-state index in [-0.39, 0.29) is 12.1 Å². The van der Waals surface area contributed by atoms with E-state index in [0.717, 1.165) is 6.42 Å². The highest BCUT2D eigenvalue weighted by atomic mass is 19.3. The summed E-state index contributed by atoms with van der Waals surface area (Å²) in [5, 5.41) is 2.74. The smallest absolute Gasteiger partial charge is 0.285 e. The Bertz CT molecular complexity index is 341. The number of nitrogens with one attached hydrogen (secondary N) is 1. The van der Waals surface area contributed by atoms with Gasteiger partial charge in [0.1, 0.15) is 0 Å². The predicted molar refractivity (Wildman–Crippen MR) is 73.5 cm³/mol. The second-order valence-electron chi connectivity index (χ2n) is 5.04. The Kier molecular flexibility index (Phi) is 6.95. The summed E-state index contributed by atoms with van der Waals surface area (Å²) in [6, 6.07) is 7.87. The highest BCUT2D eigenvalue weighted by Crippen LogP contribution is 2.26. The van der Waals surface area contributed by atoms with Crippen LogP contribution in [0.1, 0.15) is 25.8 Å². The van der Waals surface area contributed by atoms with Crippen LogP contribution in [0, 0.1) is 5.92 Å². The molecule has 2 nitrogen and oxygen atoms in total. The van der Waals surface area contributed by atoms with E-state index >= 15 is 0 Å². The highest BCUT2D eigenvalue weighted by molar-refractivity contribution is 5.20. The number of hydrogen-bond acceptors (Lipinski definition) is 2. The molecule has 0 aromatic heterocycles. The largest absolute Gasteiger partial charge is 0.380 e. The molecule has 0 aliphatic carbocycles. The summed E-state index contributed by atoms with van der Waals surface area (Å²) in [7, 11) is 0. The number of rotatable bonds is 9. The van der Waals surface area contributed by atoms with Gasteiger partial charge < -0.3 is 10.1 Å². The lowest BCUT2D eigenvalue weighted by molar-refractivity contribution is -0.00481. The first-order valence-corrected chi connectivity index (χ1v) is 6.74. The van der Waals surface area contributed by atoms with Crippen molar-refractivity contribution < 1.29 is 13.5 Å². The predicted octanol–water partition coefficient (Wildman–Crippen LogP) is 3.43. The zero-order chi connectivity index (χ0) is 14.1. The van der Waals surface area contributed by atoms with Crippen LogP contribution in [0.3, 0.4) is 0 Å². The molecule has 0 fully saturated rings. The molecular formula is C15H23F2NO. The maximum Gasteiger partial charge on any atom is 0.285 e. The van der Waals surface area contributed by atoms with E-state index in [1.165, 1.54) is 12.1 Å². The molecule has 0 unspecified atom stereocenters. The molecule has 4 heteroatoms. The van der Waals surface area contributed by atoms with E-state index in [4.69, 9.17) is 4.74 Å². The number of hydrogen-bond donors (Lipinski definition) is 1. The Labute approximate surface area is 114 Å². The number of benzene rings is 1. The fourth-order valence-electron chi connectivity index (χ4n) is 1.59. The lowest BCUT2D eigenvalue weighted by Crippen LogP contribution is -2.32. The van der Waals surface area contributed by atoms with Gasteiger partial charge in [-0.2, -0.15) is 8.78 Å². The SMILES string of the molecule is CC(C)CCOCCNCC(F)(F)c1ccccc1. The maximum absolute atomic E-state index is 13.7. The van der Waals surface area contributed by atoms with Crippen molar-refractivity contribution in [2.75, 3.05) is 26.3 Å². The summed E-state index contributed by atoms with van der Waals surface area (Å²) in [6.45, 7) is 5.50. The third kappa shape index (κ3) is 6.64. The van der Waals surface area contributed by atoms with Crippen molar-refractivity contribution in [1.29, 1.82) is 0 Å². The van der Waals surface area contributed by atoms with Gasteiger partial charge in [0.05, 0.1) is 13.2 Å². The Hall–Kier alpha value is -1.00. The van der Waals surface area contributed by atoms with Gasteiger partial charge >= 0.3 is 0 Å². The lowest BCUT2D eigenvalue weighted by atomic mass is 10.1. The zero-order valence-electron chi connectivity index (χ0n) is 11.7. The molecule has 1 aromatic carbocycles. The number of alkyl halides is 2. The summed E-state index contributed by atoms with van der Waals surface area (Å²) in [5.74, 6) is -2.23. The molecule has 0 bridgehead atoms. The Morgan fingerprint density at radius 2 is 1.84 bits per heavy atom. The average Bonchev–Trinajstić information content (AvgIpc) is 2.38. The minimum absolute atomic E-state index is 0.0447. The van der Waals surface area contributed by atoms with Crippen LogP contribution in [0.25, 0.3) is 0 Å². The van der Waals surface area contributed by atoms with Gasteiger partial charge in [-0.05, 0) is 12.3 Å². The van der Waals surface area contributed by atoms with Gasteiger partial charge in [0.25, 0.3) is 5.92 Å². The van der Waals surface area contributed by atoms with Crippen molar-refractivity contribution in [3.8, 4) is 0 Å². The zero-order valence-corrected chi connectivity index (χ0v) is 11.7. The van der Waals surface area contributed by atoms with E-state index in [1.54, 1.807) is 18.2 Å². The average molecular weight is 271 g/mol. The molecule has 0 atom stereocenters.